The quantitative estimate of drug-likeness (QED) is 0.263. The van der Waals surface area contributed by atoms with E-state index in [9.17, 15) is 41.4 Å². The third-order valence-electron chi connectivity index (χ3n) is 4.71. The summed E-state index contributed by atoms with van der Waals surface area (Å²) in [5.41, 5.74) is 2.10. The Labute approximate surface area is 200 Å². The van der Waals surface area contributed by atoms with E-state index in [0.29, 0.717) is 10.6 Å². The van der Waals surface area contributed by atoms with Gasteiger partial charge in [0.1, 0.15) is 0 Å². The van der Waals surface area contributed by atoms with E-state index >= 15 is 0 Å². The molecule has 2 rings (SSSR count). The summed E-state index contributed by atoms with van der Waals surface area (Å²) in [4.78, 5) is 34.2. The van der Waals surface area contributed by atoms with Gasteiger partial charge in [-0.05, 0) is 35.2 Å². The fourth-order valence-electron chi connectivity index (χ4n) is 2.93. The Bertz CT molecular complexity index is 1060. The lowest BCUT2D eigenvalue weighted by Crippen LogP contribution is -2.45. The van der Waals surface area contributed by atoms with Crippen molar-refractivity contribution in [3.05, 3.63) is 59.1 Å². The molecule has 0 radical (unpaired) electrons. The van der Waals surface area contributed by atoms with Crippen LogP contribution in [0.25, 0.3) is 11.1 Å². The molecule has 2 atom stereocenters. The van der Waals surface area contributed by atoms with Gasteiger partial charge in [-0.3, -0.25) is 4.79 Å². The van der Waals surface area contributed by atoms with Gasteiger partial charge in [0, 0.05) is 17.5 Å². The molecule has 13 heteroatoms. The monoisotopic (exact) mass is 523 g/mol. The first kappa shape index (κ1) is 28.0. The van der Waals surface area contributed by atoms with E-state index in [1.165, 1.54) is 0 Å². The highest BCUT2D eigenvalue weighted by Crippen LogP contribution is 2.35. The number of carboxylic acid groups (broad SMARTS) is 1. The molecule has 2 aromatic rings. The number of aliphatic hydroxyl groups is 1. The zero-order valence-electron chi connectivity index (χ0n) is 17.7. The number of hydrogen-bond donors (Lipinski definition) is 3. The van der Waals surface area contributed by atoms with Gasteiger partial charge in [-0.2, -0.15) is 22.0 Å². The Morgan fingerprint density at radius 1 is 1.00 bits per heavy atom. The van der Waals surface area contributed by atoms with Crippen LogP contribution in [-0.2, 0) is 25.5 Å². The van der Waals surface area contributed by atoms with Crippen LogP contribution in [-0.4, -0.2) is 58.9 Å². The van der Waals surface area contributed by atoms with E-state index in [-0.39, 0.29) is 6.42 Å². The molecule has 3 N–H and O–H groups in total. The number of rotatable bonds is 9. The van der Waals surface area contributed by atoms with Crippen LogP contribution in [0, 0.1) is 0 Å². The molecule has 35 heavy (non-hydrogen) atoms. The van der Waals surface area contributed by atoms with Crippen molar-refractivity contribution in [3.63, 3.8) is 0 Å². The van der Waals surface area contributed by atoms with Gasteiger partial charge in [0.2, 0.25) is 0 Å². The average Bonchev–Trinajstić information content (AvgIpc) is 2.77. The van der Waals surface area contributed by atoms with E-state index in [2.05, 4.69) is 4.74 Å². The molecule has 0 heterocycles. The zero-order chi connectivity index (χ0) is 26.4. The Balaban J connectivity index is 2.10. The minimum Gasteiger partial charge on any atom is -0.474 e. The first-order valence-electron chi connectivity index (χ1n) is 9.87. The van der Waals surface area contributed by atoms with Crippen molar-refractivity contribution in [1.82, 2.24) is 5.32 Å². The summed E-state index contributed by atoms with van der Waals surface area (Å²) in [6.07, 6.45) is -9.01. The molecule has 0 aromatic heterocycles. The number of amides is 1. The first-order chi connectivity index (χ1) is 16.2. The minimum absolute atomic E-state index is 0.113. The molecule has 0 bridgehead atoms. The number of carboxylic acids is 1. The maximum absolute atomic E-state index is 12.9. The van der Waals surface area contributed by atoms with E-state index in [4.69, 9.17) is 16.7 Å². The first-order valence-corrected chi connectivity index (χ1v) is 10.3. The number of ether oxygens (including phenoxy) is 1. The molecular weight excluding hydrogens is 505 g/mol. The molecule has 0 saturated heterocycles. The molecule has 0 saturated carbocycles. The predicted molar refractivity (Wildman–Crippen MR) is 113 cm³/mol. The Hall–Kier alpha value is -3.25. The van der Waals surface area contributed by atoms with Crippen LogP contribution in [0.2, 0.25) is 5.02 Å². The molecule has 0 aliphatic rings. The fraction of sp³-hybridized carbons (Fsp3) is 0.318. The van der Waals surface area contributed by atoms with Gasteiger partial charge in [-0.25, -0.2) is 9.59 Å². The summed E-state index contributed by atoms with van der Waals surface area (Å²) in [5, 5.41) is 21.3. The summed E-state index contributed by atoms with van der Waals surface area (Å²) in [5.74, 6) is -10.5. The highest BCUT2D eigenvalue weighted by molar-refractivity contribution is 6.31. The van der Waals surface area contributed by atoms with Crippen molar-refractivity contribution in [2.45, 2.75) is 37.1 Å². The lowest BCUT2D eigenvalue weighted by Gasteiger charge is -2.22. The van der Waals surface area contributed by atoms with Crippen LogP contribution in [0.5, 0.6) is 0 Å². The normalized spacial score (nSPS) is 13.6. The molecule has 1 amide bonds. The van der Waals surface area contributed by atoms with Gasteiger partial charge in [0.15, 0.2) is 12.7 Å². The Morgan fingerprint density at radius 3 is 2.17 bits per heavy atom. The third kappa shape index (κ3) is 8.18. The number of esters is 1. The van der Waals surface area contributed by atoms with Crippen LogP contribution >= 0.6 is 11.6 Å². The van der Waals surface area contributed by atoms with Crippen molar-refractivity contribution in [1.29, 1.82) is 0 Å². The van der Waals surface area contributed by atoms with Gasteiger partial charge < -0.3 is 20.3 Å². The molecule has 0 spiro atoms. The van der Waals surface area contributed by atoms with Crippen LogP contribution in [0.4, 0.5) is 22.0 Å². The molecular formula is C22H19ClF5NO6. The molecule has 7 nitrogen and oxygen atoms in total. The summed E-state index contributed by atoms with van der Waals surface area (Å²) < 4.78 is 66.3. The lowest BCUT2D eigenvalue weighted by atomic mass is 9.98. The molecule has 0 aliphatic carbocycles. The molecule has 0 aliphatic heterocycles. The van der Waals surface area contributed by atoms with Crippen molar-refractivity contribution in [2.75, 3.05) is 6.61 Å². The highest BCUT2D eigenvalue weighted by Gasteiger charge is 2.58. The molecule has 2 aromatic carbocycles. The van der Waals surface area contributed by atoms with Crippen molar-refractivity contribution < 1.29 is 51.3 Å². The van der Waals surface area contributed by atoms with Crippen molar-refractivity contribution >= 4 is 29.4 Å². The average molecular weight is 524 g/mol. The molecule has 0 fully saturated rings. The number of benzene rings is 2. The molecule has 190 valence electrons. The molecule has 2 unspecified atom stereocenters. The number of hydrogen-bond acceptors (Lipinski definition) is 5. The van der Waals surface area contributed by atoms with Crippen molar-refractivity contribution in [2.24, 2.45) is 0 Å². The van der Waals surface area contributed by atoms with Gasteiger partial charge >= 0.3 is 29.9 Å². The SMILES string of the molecule is O=C(O)C(=O)NC(Cc1ccc(-c2cccc(Cl)c2)cc1)CC(O)C(=O)OCC(F)(F)C(F)(F)F. The number of aliphatic carboxylic acids is 1. The summed E-state index contributed by atoms with van der Waals surface area (Å²) in [6.45, 7) is -2.34. The largest absolute Gasteiger partial charge is 0.474 e. The summed E-state index contributed by atoms with van der Waals surface area (Å²) in [6, 6.07) is 12.4. The number of halogens is 6. The Kier molecular flexibility index (Phi) is 9.16. The topological polar surface area (TPSA) is 113 Å². The summed E-state index contributed by atoms with van der Waals surface area (Å²) in [7, 11) is 0. The Morgan fingerprint density at radius 2 is 1.63 bits per heavy atom. The lowest BCUT2D eigenvalue weighted by molar-refractivity contribution is -0.294. The van der Waals surface area contributed by atoms with Crippen LogP contribution in [0.1, 0.15) is 12.0 Å². The van der Waals surface area contributed by atoms with Crippen molar-refractivity contribution in [3.8, 4) is 11.1 Å². The number of alkyl halides is 5. The second-order valence-electron chi connectivity index (χ2n) is 7.45. The zero-order valence-corrected chi connectivity index (χ0v) is 18.4. The maximum Gasteiger partial charge on any atom is 0.456 e. The second kappa shape index (κ2) is 11.5. The minimum atomic E-state index is -5.96. The number of aliphatic hydroxyl groups excluding tert-OH is 1. The highest BCUT2D eigenvalue weighted by atomic mass is 35.5. The van der Waals surface area contributed by atoms with E-state index in [0.717, 1.165) is 11.1 Å². The van der Waals surface area contributed by atoms with Crippen LogP contribution in [0.3, 0.4) is 0 Å². The standard InChI is InChI=1S/C22H19ClF5NO6/c23-15-3-1-2-14(9-15)13-6-4-12(5-7-13)8-16(29-18(31)19(32)33)10-17(30)20(34)35-11-21(24,25)22(26,27)28/h1-7,9,16-17,30H,8,10-11H2,(H,29,31)(H,32,33). The number of nitrogens with one attached hydrogen (secondary N) is 1. The van der Waals surface area contributed by atoms with Gasteiger partial charge in [-0.15, -0.1) is 0 Å². The summed E-state index contributed by atoms with van der Waals surface area (Å²) >= 11 is 5.97. The number of carbonyl (C=O) groups is 3. The second-order valence-corrected chi connectivity index (χ2v) is 7.88. The van der Waals surface area contributed by atoms with Gasteiger partial charge in [-0.1, -0.05) is 48.0 Å². The maximum atomic E-state index is 12.9. The van der Waals surface area contributed by atoms with E-state index in [1.54, 1.807) is 48.5 Å². The third-order valence-corrected chi connectivity index (χ3v) is 4.95. The van der Waals surface area contributed by atoms with Gasteiger partial charge in [0.25, 0.3) is 0 Å². The smallest absolute Gasteiger partial charge is 0.456 e. The van der Waals surface area contributed by atoms with E-state index in [1.807, 2.05) is 5.32 Å². The number of carbonyl (C=O) groups excluding carboxylic acids is 2. The van der Waals surface area contributed by atoms with Crippen LogP contribution in [0.15, 0.2) is 48.5 Å². The fourth-order valence-corrected chi connectivity index (χ4v) is 3.12. The van der Waals surface area contributed by atoms with Gasteiger partial charge in [0.05, 0.1) is 0 Å². The predicted octanol–water partition coefficient (Wildman–Crippen LogP) is 3.61. The van der Waals surface area contributed by atoms with Crippen LogP contribution < -0.4 is 5.32 Å². The van der Waals surface area contributed by atoms with E-state index < -0.39 is 55.1 Å².